The summed E-state index contributed by atoms with van der Waals surface area (Å²) in [5.74, 6) is 0.681. The zero-order chi connectivity index (χ0) is 5.70. The van der Waals surface area contributed by atoms with Gasteiger partial charge in [-0.05, 0) is 12.2 Å². The minimum absolute atomic E-state index is 0.286. The van der Waals surface area contributed by atoms with Crippen LogP contribution in [0.15, 0.2) is 0 Å². The Morgan fingerprint density at radius 2 is 2.29 bits per heavy atom. The van der Waals surface area contributed by atoms with Crippen molar-refractivity contribution in [2.24, 2.45) is 0 Å². The molecule has 0 heterocycles. The number of ether oxygens (including phenoxy) is 1. The van der Waals surface area contributed by atoms with Gasteiger partial charge in [0.15, 0.2) is 0 Å². The third-order valence-electron chi connectivity index (χ3n) is 0.317. The molecule has 4 heteroatoms. The van der Waals surface area contributed by atoms with Crippen LogP contribution in [0.2, 0.25) is 0 Å². The Labute approximate surface area is 59.3 Å². The van der Waals surface area contributed by atoms with Gasteiger partial charge < -0.3 is 4.74 Å². The molecular weight excluding hydrogens is 148 g/mol. The van der Waals surface area contributed by atoms with E-state index in [2.05, 4.69) is 37.5 Å². The van der Waals surface area contributed by atoms with Crippen LogP contribution in [0.5, 0.6) is 0 Å². The Bertz CT molecular complexity index is 63.2. The molecule has 0 radical (unpaired) electrons. The van der Waals surface area contributed by atoms with E-state index in [1.54, 1.807) is 0 Å². The summed E-state index contributed by atoms with van der Waals surface area (Å²) < 4.78 is 5.00. The Morgan fingerprint density at radius 1 is 1.71 bits per heavy atom. The first-order chi connectivity index (χ1) is 3.27. The van der Waals surface area contributed by atoms with Gasteiger partial charge in [0.05, 0.1) is 6.61 Å². The Morgan fingerprint density at radius 3 is 2.43 bits per heavy atom. The fourth-order valence-electron chi connectivity index (χ4n) is 0.133. The molecule has 0 saturated carbocycles. The highest BCUT2D eigenvalue weighted by Gasteiger charge is 1.82. The average molecular weight is 154 g/mol. The molecule has 42 valence electrons. The average Bonchev–Trinajstić information content (AvgIpc) is 1.61. The molecular formula is C3H6OS3. The Kier molecular flexibility index (Phi) is 5.14. The van der Waals surface area contributed by atoms with Crippen molar-refractivity contribution in [3.8, 4) is 0 Å². The highest BCUT2D eigenvalue weighted by molar-refractivity contribution is 8.10. The smallest absolute Gasteiger partial charge is 0.216 e. The van der Waals surface area contributed by atoms with Gasteiger partial charge in [-0.1, -0.05) is 12.6 Å². The molecule has 7 heavy (non-hydrogen) atoms. The topological polar surface area (TPSA) is 9.23 Å². The molecule has 0 aliphatic carbocycles. The van der Waals surface area contributed by atoms with E-state index >= 15 is 0 Å². The molecule has 0 rings (SSSR count). The molecule has 0 aromatic heterocycles. The molecule has 0 spiro atoms. The maximum atomic E-state index is 4.71. The zero-order valence-electron chi connectivity index (χ0n) is 3.63. The molecule has 0 aromatic carbocycles. The largest absolute Gasteiger partial charge is 0.478 e. The summed E-state index contributed by atoms with van der Waals surface area (Å²) in [5, 5.41) is 0. The predicted octanol–water partition coefficient (Wildman–Crippen LogP) is 1.15. The first kappa shape index (κ1) is 7.59. The molecule has 1 nitrogen and oxygen atoms in total. The van der Waals surface area contributed by atoms with Crippen molar-refractivity contribution < 1.29 is 4.74 Å². The molecule has 0 aliphatic rings. The third kappa shape index (κ3) is 6.59. The van der Waals surface area contributed by atoms with E-state index < -0.39 is 0 Å². The van der Waals surface area contributed by atoms with E-state index in [0.717, 1.165) is 0 Å². The fraction of sp³-hybridized carbons (Fsp3) is 0.667. The number of thiocarbonyl (C=S) groups is 1. The van der Waals surface area contributed by atoms with Crippen molar-refractivity contribution in [3.63, 3.8) is 0 Å². The molecule has 0 atom stereocenters. The van der Waals surface area contributed by atoms with Crippen LogP contribution in [0.25, 0.3) is 0 Å². The van der Waals surface area contributed by atoms with E-state index in [4.69, 9.17) is 4.74 Å². The predicted molar refractivity (Wildman–Crippen MR) is 41.4 cm³/mol. The van der Waals surface area contributed by atoms with Crippen LogP contribution in [0, 0.1) is 0 Å². The van der Waals surface area contributed by atoms with Crippen LogP contribution < -0.4 is 0 Å². The number of hydrogen-bond acceptors (Lipinski definition) is 3. The first-order valence-corrected chi connectivity index (χ1v) is 3.22. The summed E-state index contributed by atoms with van der Waals surface area (Å²) in [4.78, 5) is 0. The van der Waals surface area contributed by atoms with Crippen LogP contribution in [-0.2, 0) is 4.74 Å². The van der Waals surface area contributed by atoms with Crippen molar-refractivity contribution in [1.82, 2.24) is 0 Å². The molecule has 0 saturated heterocycles. The van der Waals surface area contributed by atoms with E-state index in [-0.39, 0.29) is 4.38 Å². The normalized spacial score (nSPS) is 8.29. The van der Waals surface area contributed by atoms with Gasteiger partial charge in [-0.3, -0.25) is 0 Å². The van der Waals surface area contributed by atoms with Crippen LogP contribution in [-0.4, -0.2) is 16.7 Å². The van der Waals surface area contributed by atoms with Crippen LogP contribution in [0.1, 0.15) is 0 Å². The standard InChI is InChI=1S/C3H6OS3/c5-2-1-4-3(6)7/h5H,1-2H2,(H,6,7). The molecule has 0 aromatic rings. The summed E-state index contributed by atoms with van der Waals surface area (Å²) in [6, 6.07) is 0. The fourth-order valence-corrected chi connectivity index (χ4v) is 0.399. The van der Waals surface area contributed by atoms with Crippen molar-refractivity contribution in [2.75, 3.05) is 12.4 Å². The number of thiol groups is 2. The van der Waals surface area contributed by atoms with E-state index in [0.29, 0.717) is 12.4 Å². The minimum atomic E-state index is 0.286. The van der Waals surface area contributed by atoms with Crippen LogP contribution in [0.3, 0.4) is 0 Å². The van der Waals surface area contributed by atoms with Crippen LogP contribution >= 0.6 is 37.5 Å². The molecule has 0 unspecified atom stereocenters. The zero-order valence-corrected chi connectivity index (χ0v) is 6.23. The van der Waals surface area contributed by atoms with Gasteiger partial charge in [-0.2, -0.15) is 12.6 Å². The lowest BCUT2D eigenvalue weighted by Gasteiger charge is -1.95. The van der Waals surface area contributed by atoms with Crippen molar-refractivity contribution in [3.05, 3.63) is 0 Å². The Hall–Kier alpha value is 0.590. The lowest BCUT2D eigenvalue weighted by atomic mass is 10.9. The van der Waals surface area contributed by atoms with Gasteiger partial charge in [0.25, 0.3) is 0 Å². The maximum Gasteiger partial charge on any atom is 0.216 e. The molecule has 0 bridgehead atoms. The van der Waals surface area contributed by atoms with Crippen molar-refractivity contribution in [1.29, 1.82) is 0 Å². The Balaban J connectivity index is 2.82. The van der Waals surface area contributed by atoms with Crippen molar-refractivity contribution >= 4 is 41.9 Å². The van der Waals surface area contributed by atoms with Gasteiger partial charge in [0.2, 0.25) is 4.38 Å². The van der Waals surface area contributed by atoms with Gasteiger partial charge in [-0.15, -0.1) is 0 Å². The summed E-state index contributed by atoms with van der Waals surface area (Å²) in [5.41, 5.74) is 0. The molecule has 0 N–H and O–H groups in total. The minimum Gasteiger partial charge on any atom is -0.478 e. The lowest BCUT2D eigenvalue weighted by molar-refractivity contribution is 0.351. The summed E-state index contributed by atoms with van der Waals surface area (Å²) >= 11 is 12.1. The first-order valence-electron chi connectivity index (χ1n) is 1.74. The highest BCUT2D eigenvalue weighted by atomic mass is 32.1. The SMILES string of the molecule is S=C(S)OCCS. The second-order valence-corrected chi connectivity index (χ2v) is 2.36. The number of hydrogen-bond donors (Lipinski definition) is 2. The van der Waals surface area contributed by atoms with E-state index in [1.807, 2.05) is 0 Å². The maximum absolute atomic E-state index is 4.71. The second-order valence-electron chi connectivity index (χ2n) is 0.838. The highest BCUT2D eigenvalue weighted by Crippen LogP contribution is 1.86. The van der Waals surface area contributed by atoms with Gasteiger partial charge >= 0.3 is 0 Å². The van der Waals surface area contributed by atoms with Crippen LogP contribution in [0.4, 0.5) is 0 Å². The molecule has 0 fully saturated rings. The molecule has 0 aliphatic heterocycles. The van der Waals surface area contributed by atoms with E-state index in [9.17, 15) is 0 Å². The number of rotatable bonds is 2. The summed E-state index contributed by atoms with van der Waals surface area (Å²) in [7, 11) is 0. The summed E-state index contributed by atoms with van der Waals surface area (Å²) in [6.07, 6.45) is 0. The lowest BCUT2D eigenvalue weighted by Crippen LogP contribution is -1.95. The molecule has 0 amide bonds. The third-order valence-corrected chi connectivity index (χ3v) is 0.746. The monoisotopic (exact) mass is 154 g/mol. The van der Waals surface area contributed by atoms with Crippen molar-refractivity contribution in [2.45, 2.75) is 0 Å². The van der Waals surface area contributed by atoms with Gasteiger partial charge in [0.1, 0.15) is 0 Å². The quantitative estimate of drug-likeness (QED) is 0.456. The van der Waals surface area contributed by atoms with Gasteiger partial charge in [-0.25, -0.2) is 0 Å². The van der Waals surface area contributed by atoms with Gasteiger partial charge in [0, 0.05) is 5.75 Å². The van der Waals surface area contributed by atoms with E-state index in [1.165, 1.54) is 0 Å². The summed E-state index contributed by atoms with van der Waals surface area (Å²) in [6.45, 7) is 0.547. The second kappa shape index (κ2) is 4.74.